The van der Waals surface area contributed by atoms with E-state index in [-0.39, 0.29) is 84.6 Å². The van der Waals surface area contributed by atoms with Crippen LogP contribution in [0.3, 0.4) is 0 Å². The molecule has 4 aliphatic rings. The van der Waals surface area contributed by atoms with E-state index in [1.165, 1.54) is 25.7 Å². The molecule has 0 aromatic carbocycles. The van der Waals surface area contributed by atoms with Crippen molar-refractivity contribution < 1.29 is 59.9 Å². The fourth-order valence-corrected chi connectivity index (χ4v) is 6.11. The van der Waals surface area contributed by atoms with E-state index in [0.29, 0.717) is 6.42 Å². The van der Waals surface area contributed by atoms with Gasteiger partial charge >= 0.3 is 16.5 Å². The topological polar surface area (TPSA) is 43.2 Å². The number of hydrogen-bond acceptors (Lipinski definition) is 4. The third kappa shape index (κ3) is 5.14. The fraction of sp³-hybridized carbons (Fsp3) is 0.913. The van der Waals surface area contributed by atoms with Crippen LogP contribution in [0.2, 0.25) is 0 Å². The smallest absolute Gasteiger partial charge is 1.00 e. The van der Waals surface area contributed by atoms with Gasteiger partial charge in [0.2, 0.25) is 0 Å². The molecule has 2 spiro atoms. The molecule has 0 unspecified atom stereocenters. The van der Waals surface area contributed by atoms with Gasteiger partial charge < -0.3 is 43.4 Å². The zero-order chi connectivity index (χ0) is 19.5. The molecule has 30 heavy (non-hydrogen) atoms. The van der Waals surface area contributed by atoms with Crippen LogP contribution in [-0.4, -0.2) is 35.1 Å². The molecule has 0 amide bonds. The van der Waals surface area contributed by atoms with Crippen molar-refractivity contribution in [3.63, 3.8) is 0 Å². The van der Waals surface area contributed by atoms with Crippen LogP contribution < -0.4 is 34.0 Å². The summed E-state index contributed by atoms with van der Waals surface area (Å²) in [5.41, 5.74) is 0.0680. The van der Waals surface area contributed by atoms with E-state index in [4.69, 9.17) is 19.5 Å². The second kappa shape index (κ2) is 9.71. The van der Waals surface area contributed by atoms with E-state index in [2.05, 4.69) is 41.5 Å². The second-order valence-electron chi connectivity index (χ2n) is 11.5. The van der Waals surface area contributed by atoms with Gasteiger partial charge in [0.15, 0.2) is 11.8 Å². The molecule has 176 valence electrons. The Kier molecular flexibility index (Phi) is 9.20. The minimum absolute atomic E-state index is 0. The monoisotopic (exact) mass is 590 g/mol. The summed E-state index contributed by atoms with van der Waals surface area (Å²) in [4.78, 5) is 10.2. The van der Waals surface area contributed by atoms with E-state index in [0.717, 1.165) is 37.5 Å². The van der Waals surface area contributed by atoms with Crippen molar-refractivity contribution in [2.24, 2.45) is 20.8 Å². The van der Waals surface area contributed by atoms with E-state index in [1.807, 2.05) is 0 Å². The first-order valence-corrected chi connectivity index (χ1v) is 11.1. The first kappa shape index (κ1) is 28.4. The summed E-state index contributed by atoms with van der Waals surface area (Å²) < 4.78 is 13.1. The predicted octanol–water partition coefficient (Wildman–Crippen LogP) is -0.306. The zero-order valence-electron chi connectivity index (χ0n) is 19.3. The summed E-state index contributed by atoms with van der Waals surface area (Å²) >= 11 is 0. The standard InChI is InChI=1S/C23H38N2O2.2BrH.Ni/c1-20(2,3)18-22(11-7-8-12-22)26-16(24-18)15-17-25-19(21(4,5)6)23(27-17)13-9-10-14-23;;;/h18-19H,7-15H2,1-6H3;2*1H;/q;;;+2/p-2/t18-,19-;;;/m1.../s1. The van der Waals surface area contributed by atoms with E-state index >= 15 is 0 Å². The van der Waals surface area contributed by atoms with Gasteiger partial charge in [0.25, 0.3) is 0 Å². The van der Waals surface area contributed by atoms with Gasteiger partial charge in [-0.2, -0.15) is 0 Å². The van der Waals surface area contributed by atoms with Crippen LogP contribution in [-0.2, 0) is 26.0 Å². The van der Waals surface area contributed by atoms with Crippen molar-refractivity contribution in [2.45, 2.75) is 123 Å². The van der Waals surface area contributed by atoms with Crippen molar-refractivity contribution in [1.29, 1.82) is 0 Å². The van der Waals surface area contributed by atoms with Gasteiger partial charge in [0.1, 0.15) is 11.2 Å². The molecule has 0 aromatic rings. The number of halogens is 2. The van der Waals surface area contributed by atoms with Gasteiger partial charge in [0, 0.05) is 0 Å². The summed E-state index contributed by atoms with van der Waals surface area (Å²) in [5, 5.41) is 0. The Bertz CT molecular complexity index is 599. The molecule has 0 bridgehead atoms. The molecule has 4 nitrogen and oxygen atoms in total. The average Bonchev–Trinajstić information content (AvgIpc) is 3.30. The Morgan fingerprint density at radius 2 is 1.00 bits per heavy atom. The van der Waals surface area contributed by atoms with Crippen LogP contribution in [0.4, 0.5) is 0 Å². The van der Waals surface area contributed by atoms with Crippen LogP contribution in [0, 0.1) is 10.8 Å². The number of aliphatic imine (C=N–C) groups is 2. The van der Waals surface area contributed by atoms with Gasteiger partial charge in [-0.15, -0.1) is 0 Å². The molecular weight excluding hydrogens is 555 g/mol. The average molecular weight is 593 g/mol. The van der Waals surface area contributed by atoms with E-state index < -0.39 is 0 Å². The van der Waals surface area contributed by atoms with Gasteiger partial charge in [-0.05, 0) is 62.2 Å². The summed E-state index contributed by atoms with van der Waals surface area (Å²) in [6, 6.07) is 0.478. The molecule has 2 aliphatic carbocycles. The normalized spacial score (nSPS) is 28.7. The van der Waals surface area contributed by atoms with Crippen LogP contribution in [0.5, 0.6) is 0 Å². The fourth-order valence-electron chi connectivity index (χ4n) is 6.11. The predicted molar refractivity (Wildman–Crippen MR) is 111 cm³/mol. The molecule has 2 atom stereocenters. The minimum Gasteiger partial charge on any atom is -1.00 e. The van der Waals surface area contributed by atoms with E-state index in [1.54, 1.807) is 0 Å². The minimum atomic E-state index is -0.0821. The largest absolute Gasteiger partial charge is 2.00 e. The first-order chi connectivity index (χ1) is 12.5. The second-order valence-corrected chi connectivity index (χ2v) is 11.5. The van der Waals surface area contributed by atoms with Crippen LogP contribution in [0.15, 0.2) is 9.98 Å². The van der Waals surface area contributed by atoms with Crippen molar-refractivity contribution in [3.05, 3.63) is 0 Å². The maximum absolute atomic E-state index is 6.57. The van der Waals surface area contributed by atoms with Crippen LogP contribution >= 0.6 is 0 Å². The quantitative estimate of drug-likeness (QED) is 0.413. The van der Waals surface area contributed by atoms with Gasteiger partial charge in [-0.1, -0.05) is 41.5 Å². The van der Waals surface area contributed by atoms with Gasteiger partial charge in [0.05, 0.1) is 18.5 Å². The zero-order valence-corrected chi connectivity index (χ0v) is 23.5. The summed E-state index contributed by atoms with van der Waals surface area (Å²) in [7, 11) is 0. The molecule has 0 radical (unpaired) electrons. The molecule has 0 saturated heterocycles. The molecule has 2 saturated carbocycles. The van der Waals surface area contributed by atoms with Crippen LogP contribution in [0.1, 0.15) is 99.3 Å². The van der Waals surface area contributed by atoms with Crippen molar-refractivity contribution in [3.8, 4) is 0 Å². The van der Waals surface area contributed by atoms with E-state index in [9.17, 15) is 0 Å². The molecule has 2 aliphatic heterocycles. The summed E-state index contributed by atoms with van der Waals surface area (Å²) in [6.45, 7) is 13.8. The molecule has 2 heterocycles. The Balaban J connectivity index is 0.00000150. The molecule has 4 rings (SSSR count). The van der Waals surface area contributed by atoms with Gasteiger partial charge in [-0.25, -0.2) is 9.98 Å². The Hall–Kier alpha value is 0.394. The van der Waals surface area contributed by atoms with Crippen molar-refractivity contribution >= 4 is 11.8 Å². The number of ether oxygens (including phenoxy) is 2. The molecule has 0 aromatic heterocycles. The third-order valence-electron chi connectivity index (χ3n) is 7.03. The Morgan fingerprint density at radius 1 is 0.700 bits per heavy atom. The van der Waals surface area contributed by atoms with Crippen LogP contribution in [0.25, 0.3) is 0 Å². The van der Waals surface area contributed by atoms with Crippen molar-refractivity contribution in [1.82, 2.24) is 0 Å². The number of rotatable bonds is 2. The van der Waals surface area contributed by atoms with Gasteiger partial charge in [-0.3, -0.25) is 0 Å². The molecular formula is C23H38Br2N2NiO2. The third-order valence-corrected chi connectivity index (χ3v) is 7.03. The molecule has 0 N–H and O–H groups in total. The maximum atomic E-state index is 6.57. The molecule has 2 fully saturated rings. The Labute approximate surface area is 214 Å². The summed E-state index contributed by atoms with van der Waals surface area (Å²) in [5.74, 6) is 1.72. The Morgan fingerprint density at radius 3 is 1.27 bits per heavy atom. The maximum Gasteiger partial charge on any atom is 2.00 e. The summed E-state index contributed by atoms with van der Waals surface area (Å²) in [6.07, 6.45) is 10.2. The van der Waals surface area contributed by atoms with Crippen molar-refractivity contribution in [2.75, 3.05) is 0 Å². The SMILES string of the molecule is CC(C)(C)[C@H]1N=C(CC2=N[C@H](C(C)(C)C)C3(CCCC3)O2)OC12CCCC2.[Br-].[Br-].[Ni+2]. The number of nitrogens with zero attached hydrogens (tertiary/aromatic N) is 2. The first-order valence-electron chi connectivity index (χ1n) is 11.1. The number of hydrogen-bond donors (Lipinski definition) is 0. The molecule has 7 heteroatoms.